The molecule has 10 heteroatoms. The van der Waals surface area contributed by atoms with Crippen molar-refractivity contribution >= 4 is 52.1 Å². The van der Waals surface area contributed by atoms with Gasteiger partial charge in [0.1, 0.15) is 4.32 Å². The largest absolute Gasteiger partial charge is 0.466 e. The molecule has 0 bridgehead atoms. The van der Waals surface area contributed by atoms with Gasteiger partial charge in [-0.3, -0.25) is 9.69 Å². The monoisotopic (exact) mass is 435 g/mol. The fourth-order valence-electron chi connectivity index (χ4n) is 2.40. The van der Waals surface area contributed by atoms with Gasteiger partial charge in [-0.2, -0.15) is 0 Å². The Morgan fingerprint density at radius 3 is 2.21 bits per heavy atom. The average molecular weight is 435 g/mol. The van der Waals surface area contributed by atoms with Crippen LogP contribution in [0.4, 0.5) is 0 Å². The maximum Gasteiger partial charge on any atom is 0.340 e. The SMILES string of the molecule is COC(=O)C=C(C(=O)OC)C(C(=O)OC)=C1SC(=S)N(Cc2ccccc2)C1=O. The zero-order chi connectivity index (χ0) is 21.6. The van der Waals surface area contributed by atoms with E-state index in [0.29, 0.717) is 0 Å². The third kappa shape index (κ3) is 5.09. The van der Waals surface area contributed by atoms with Gasteiger partial charge in [-0.1, -0.05) is 54.3 Å². The van der Waals surface area contributed by atoms with Crippen molar-refractivity contribution in [2.75, 3.05) is 21.3 Å². The molecular weight excluding hydrogens is 418 g/mol. The molecule has 1 aromatic carbocycles. The third-order valence-electron chi connectivity index (χ3n) is 3.79. The van der Waals surface area contributed by atoms with Crippen LogP contribution >= 0.6 is 24.0 Å². The van der Waals surface area contributed by atoms with E-state index in [4.69, 9.17) is 17.0 Å². The standard InChI is InChI=1S/C19H17NO7S2/c1-25-13(21)9-12(17(23)26-2)14(18(24)27-3)15-16(22)20(19(28)29-15)10-11-7-5-4-6-8-11/h4-9H,10H2,1-3H3. The maximum absolute atomic E-state index is 13.0. The first-order chi connectivity index (χ1) is 13.8. The van der Waals surface area contributed by atoms with Crippen molar-refractivity contribution in [1.29, 1.82) is 0 Å². The van der Waals surface area contributed by atoms with Gasteiger partial charge >= 0.3 is 17.9 Å². The first kappa shape index (κ1) is 22.3. The van der Waals surface area contributed by atoms with Gasteiger partial charge in [-0.15, -0.1) is 0 Å². The lowest BCUT2D eigenvalue weighted by atomic mass is 10.0. The second-order valence-electron chi connectivity index (χ2n) is 5.51. The number of carbonyl (C=O) groups excluding carboxylic acids is 4. The van der Waals surface area contributed by atoms with Crippen LogP contribution in [0.15, 0.2) is 52.5 Å². The number of amides is 1. The summed E-state index contributed by atoms with van der Waals surface area (Å²) in [5.41, 5.74) is -0.0629. The van der Waals surface area contributed by atoms with Gasteiger partial charge in [0.25, 0.3) is 5.91 Å². The van der Waals surface area contributed by atoms with Gasteiger partial charge in [-0.25, -0.2) is 14.4 Å². The van der Waals surface area contributed by atoms with Crippen molar-refractivity contribution in [2.45, 2.75) is 6.54 Å². The van der Waals surface area contributed by atoms with Crippen LogP contribution < -0.4 is 0 Å². The predicted molar refractivity (Wildman–Crippen MR) is 108 cm³/mol. The highest BCUT2D eigenvalue weighted by Gasteiger charge is 2.39. The first-order valence-electron chi connectivity index (χ1n) is 8.12. The Hall–Kier alpha value is -2.98. The molecule has 0 unspecified atom stereocenters. The van der Waals surface area contributed by atoms with E-state index in [2.05, 4.69) is 9.47 Å². The summed E-state index contributed by atoms with van der Waals surface area (Å²) in [6, 6.07) is 9.11. The van der Waals surface area contributed by atoms with Crippen LogP contribution in [0.1, 0.15) is 5.56 Å². The van der Waals surface area contributed by atoms with Crippen molar-refractivity contribution < 1.29 is 33.4 Å². The summed E-state index contributed by atoms with van der Waals surface area (Å²) in [7, 11) is 3.26. The van der Waals surface area contributed by atoms with E-state index < -0.39 is 35.0 Å². The number of carbonyl (C=O) groups is 4. The van der Waals surface area contributed by atoms with E-state index in [1.807, 2.05) is 30.3 Å². The molecule has 0 saturated carbocycles. The molecule has 1 fully saturated rings. The van der Waals surface area contributed by atoms with Crippen molar-refractivity contribution in [3.05, 3.63) is 58.0 Å². The minimum Gasteiger partial charge on any atom is -0.466 e. The number of rotatable bonds is 6. The molecular formula is C19H17NO7S2. The Kier molecular flexibility index (Phi) is 7.68. The molecule has 0 spiro atoms. The summed E-state index contributed by atoms with van der Waals surface area (Å²) in [5, 5.41) is 0. The third-order valence-corrected chi connectivity index (χ3v) is 5.24. The zero-order valence-corrected chi connectivity index (χ0v) is 17.4. The van der Waals surface area contributed by atoms with E-state index in [0.717, 1.165) is 44.7 Å². The molecule has 0 radical (unpaired) electrons. The van der Waals surface area contributed by atoms with Crippen LogP contribution in [0.3, 0.4) is 0 Å². The lowest BCUT2D eigenvalue weighted by Gasteiger charge is -2.15. The molecule has 1 aliphatic heterocycles. The number of nitrogens with zero attached hydrogens (tertiary/aromatic N) is 1. The average Bonchev–Trinajstić information content (AvgIpc) is 3.01. The van der Waals surface area contributed by atoms with Crippen LogP contribution in [0, 0.1) is 0 Å². The number of thioether (sulfide) groups is 1. The highest BCUT2D eigenvalue weighted by molar-refractivity contribution is 8.26. The Balaban J connectivity index is 2.57. The van der Waals surface area contributed by atoms with E-state index >= 15 is 0 Å². The molecule has 1 saturated heterocycles. The predicted octanol–water partition coefficient (Wildman–Crippen LogP) is 1.75. The summed E-state index contributed by atoms with van der Waals surface area (Å²) >= 11 is 6.11. The van der Waals surface area contributed by atoms with Gasteiger partial charge in [-0.05, 0) is 5.56 Å². The molecule has 1 heterocycles. The first-order valence-corrected chi connectivity index (χ1v) is 9.35. The fraction of sp³-hybridized carbons (Fsp3) is 0.211. The smallest absolute Gasteiger partial charge is 0.340 e. The van der Waals surface area contributed by atoms with Crippen molar-refractivity contribution in [2.24, 2.45) is 0 Å². The Morgan fingerprint density at radius 1 is 1.03 bits per heavy atom. The van der Waals surface area contributed by atoms with E-state index in [9.17, 15) is 19.2 Å². The highest BCUT2D eigenvalue weighted by Crippen LogP contribution is 2.37. The van der Waals surface area contributed by atoms with Crippen LogP contribution in [0.2, 0.25) is 0 Å². The zero-order valence-electron chi connectivity index (χ0n) is 15.8. The molecule has 2 rings (SSSR count). The number of methoxy groups -OCH3 is 3. The Morgan fingerprint density at radius 2 is 1.66 bits per heavy atom. The topological polar surface area (TPSA) is 99.2 Å². The quantitative estimate of drug-likeness (QED) is 0.286. The molecule has 0 atom stereocenters. The van der Waals surface area contributed by atoms with Gasteiger partial charge in [0.05, 0.1) is 43.9 Å². The summed E-state index contributed by atoms with van der Waals surface area (Å²) in [6.45, 7) is 0.178. The summed E-state index contributed by atoms with van der Waals surface area (Å²) in [4.78, 5) is 50.6. The van der Waals surface area contributed by atoms with Gasteiger partial charge in [0.2, 0.25) is 0 Å². The van der Waals surface area contributed by atoms with Crippen LogP contribution in [-0.4, -0.2) is 54.4 Å². The van der Waals surface area contributed by atoms with Crippen LogP contribution in [-0.2, 0) is 39.9 Å². The maximum atomic E-state index is 13.0. The molecule has 0 aromatic heterocycles. The molecule has 8 nitrogen and oxygen atoms in total. The number of esters is 3. The molecule has 1 aliphatic rings. The number of hydrogen-bond donors (Lipinski definition) is 0. The second kappa shape index (κ2) is 9.99. The summed E-state index contributed by atoms with van der Waals surface area (Å²) < 4.78 is 14.1. The molecule has 1 aromatic rings. The van der Waals surface area contributed by atoms with Crippen molar-refractivity contribution in [1.82, 2.24) is 4.90 Å². The van der Waals surface area contributed by atoms with Crippen LogP contribution in [0.5, 0.6) is 0 Å². The number of ether oxygens (including phenoxy) is 3. The molecule has 0 aliphatic carbocycles. The van der Waals surface area contributed by atoms with E-state index in [1.54, 1.807) is 0 Å². The molecule has 152 valence electrons. The minimum atomic E-state index is -1.01. The van der Waals surface area contributed by atoms with Gasteiger partial charge < -0.3 is 14.2 Å². The fourth-order valence-corrected chi connectivity index (χ4v) is 3.72. The van der Waals surface area contributed by atoms with E-state index in [1.165, 1.54) is 4.90 Å². The molecule has 29 heavy (non-hydrogen) atoms. The number of hydrogen-bond acceptors (Lipinski definition) is 9. The normalized spacial score (nSPS) is 15.8. The summed E-state index contributed by atoms with van der Waals surface area (Å²) in [5.74, 6) is -3.51. The number of thiocarbonyl (C=S) groups is 1. The van der Waals surface area contributed by atoms with Crippen LogP contribution in [0.25, 0.3) is 0 Å². The van der Waals surface area contributed by atoms with Gasteiger partial charge in [0.15, 0.2) is 0 Å². The Labute approximate surface area is 176 Å². The molecule has 0 N–H and O–H groups in total. The molecule has 1 amide bonds. The Bertz CT molecular complexity index is 922. The summed E-state index contributed by atoms with van der Waals surface area (Å²) in [6.07, 6.45) is 0.766. The number of benzene rings is 1. The highest BCUT2D eigenvalue weighted by atomic mass is 32.2. The minimum absolute atomic E-state index is 0.140. The van der Waals surface area contributed by atoms with E-state index in [-0.39, 0.29) is 15.8 Å². The second-order valence-corrected chi connectivity index (χ2v) is 7.16. The van der Waals surface area contributed by atoms with Gasteiger partial charge in [0, 0.05) is 6.08 Å². The van der Waals surface area contributed by atoms with Crippen molar-refractivity contribution in [3.8, 4) is 0 Å². The lowest BCUT2D eigenvalue weighted by molar-refractivity contribution is -0.140. The van der Waals surface area contributed by atoms with Crippen molar-refractivity contribution in [3.63, 3.8) is 0 Å². The lowest BCUT2D eigenvalue weighted by Crippen LogP contribution is -2.28.